The molecule has 0 amide bonds. The number of aromatic nitrogens is 2. The SMILES string of the molecule is CNc1ncc(Cl)c(N2CCCC(CO)C2)n1. The molecule has 0 spiro atoms. The van der Waals surface area contributed by atoms with Crippen LogP contribution in [0.15, 0.2) is 6.20 Å². The van der Waals surface area contributed by atoms with Crippen molar-refractivity contribution < 1.29 is 5.11 Å². The highest BCUT2D eigenvalue weighted by atomic mass is 35.5. The van der Waals surface area contributed by atoms with E-state index in [2.05, 4.69) is 20.2 Å². The molecular formula is C11H17ClN4O. The van der Waals surface area contributed by atoms with Crippen LogP contribution >= 0.6 is 11.6 Å². The van der Waals surface area contributed by atoms with Gasteiger partial charge in [-0.1, -0.05) is 11.6 Å². The van der Waals surface area contributed by atoms with Crippen molar-refractivity contribution in [1.29, 1.82) is 0 Å². The zero-order valence-electron chi connectivity index (χ0n) is 9.86. The molecule has 1 aliphatic heterocycles. The van der Waals surface area contributed by atoms with Crippen LogP contribution in [-0.4, -0.2) is 41.8 Å². The predicted molar refractivity (Wildman–Crippen MR) is 68.6 cm³/mol. The number of nitrogens with zero attached hydrogens (tertiary/aromatic N) is 3. The van der Waals surface area contributed by atoms with Crippen LogP contribution in [0.25, 0.3) is 0 Å². The number of aliphatic hydroxyl groups is 1. The summed E-state index contributed by atoms with van der Waals surface area (Å²) in [6.07, 6.45) is 3.73. The first-order valence-corrected chi connectivity index (χ1v) is 6.18. The molecule has 94 valence electrons. The maximum atomic E-state index is 9.22. The van der Waals surface area contributed by atoms with E-state index in [0.717, 1.165) is 31.7 Å². The fourth-order valence-corrected chi connectivity index (χ4v) is 2.32. The molecule has 1 aromatic heterocycles. The summed E-state index contributed by atoms with van der Waals surface area (Å²) in [5.74, 6) is 1.63. The topological polar surface area (TPSA) is 61.3 Å². The summed E-state index contributed by atoms with van der Waals surface area (Å²) in [5, 5.41) is 12.7. The van der Waals surface area contributed by atoms with Crippen LogP contribution < -0.4 is 10.2 Å². The average Bonchev–Trinajstić information content (AvgIpc) is 2.39. The Morgan fingerprint density at radius 2 is 2.47 bits per heavy atom. The number of nitrogens with one attached hydrogen (secondary N) is 1. The summed E-state index contributed by atoms with van der Waals surface area (Å²) in [7, 11) is 1.78. The molecule has 6 heteroatoms. The van der Waals surface area contributed by atoms with E-state index < -0.39 is 0 Å². The molecule has 1 atom stereocenters. The molecule has 0 radical (unpaired) electrons. The summed E-state index contributed by atoms with van der Waals surface area (Å²) in [5.41, 5.74) is 0. The van der Waals surface area contributed by atoms with Crippen molar-refractivity contribution in [1.82, 2.24) is 9.97 Å². The first-order chi connectivity index (χ1) is 8.24. The number of rotatable bonds is 3. The van der Waals surface area contributed by atoms with Crippen molar-refractivity contribution in [3.8, 4) is 0 Å². The Kier molecular flexibility index (Phi) is 4.02. The molecule has 0 bridgehead atoms. The van der Waals surface area contributed by atoms with Gasteiger partial charge in [-0.15, -0.1) is 0 Å². The summed E-state index contributed by atoms with van der Waals surface area (Å²) in [6, 6.07) is 0. The molecule has 1 aromatic rings. The van der Waals surface area contributed by atoms with Crippen molar-refractivity contribution in [2.45, 2.75) is 12.8 Å². The van der Waals surface area contributed by atoms with Crippen LogP contribution in [0.5, 0.6) is 0 Å². The Balaban J connectivity index is 2.20. The first-order valence-electron chi connectivity index (χ1n) is 5.80. The van der Waals surface area contributed by atoms with Gasteiger partial charge in [0.2, 0.25) is 5.95 Å². The van der Waals surface area contributed by atoms with E-state index in [4.69, 9.17) is 11.6 Å². The Hall–Kier alpha value is -1.07. The van der Waals surface area contributed by atoms with Crippen LogP contribution in [0.4, 0.5) is 11.8 Å². The van der Waals surface area contributed by atoms with Crippen molar-refractivity contribution >= 4 is 23.4 Å². The fraction of sp³-hybridized carbons (Fsp3) is 0.636. The Morgan fingerprint density at radius 3 is 3.18 bits per heavy atom. The first kappa shape index (κ1) is 12.4. The molecule has 2 N–H and O–H groups in total. The second-order valence-corrected chi connectivity index (χ2v) is 4.66. The summed E-state index contributed by atoms with van der Waals surface area (Å²) >= 11 is 6.12. The molecule has 0 saturated carbocycles. The van der Waals surface area contributed by atoms with Gasteiger partial charge < -0.3 is 15.3 Å². The Bertz CT molecular complexity index is 388. The number of aliphatic hydroxyl groups excluding tert-OH is 1. The van der Waals surface area contributed by atoms with Gasteiger partial charge in [-0.3, -0.25) is 0 Å². The smallest absolute Gasteiger partial charge is 0.224 e. The quantitative estimate of drug-likeness (QED) is 0.856. The third kappa shape index (κ3) is 2.79. The lowest BCUT2D eigenvalue weighted by atomic mass is 9.99. The molecule has 17 heavy (non-hydrogen) atoms. The van der Waals surface area contributed by atoms with Gasteiger partial charge in [0.15, 0.2) is 5.82 Å². The summed E-state index contributed by atoms with van der Waals surface area (Å²) < 4.78 is 0. The lowest BCUT2D eigenvalue weighted by Crippen LogP contribution is -2.37. The zero-order chi connectivity index (χ0) is 12.3. The minimum Gasteiger partial charge on any atom is -0.396 e. The van der Waals surface area contributed by atoms with Gasteiger partial charge >= 0.3 is 0 Å². The number of piperidine rings is 1. The van der Waals surface area contributed by atoms with Crippen molar-refractivity contribution in [2.75, 3.05) is 37.0 Å². The average molecular weight is 257 g/mol. The number of hydrogen-bond donors (Lipinski definition) is 2. The van der Waals surface area contributed by atoms with E-state index in [1.54, 1.807) is 13.2 Å². The van der Waals surface area contributed by atoms with E-state index >= 15 is 0 Å². The maximum absolute atomic E-state index is 9.22. The molecule has 0 aromatic carbocycles. The van der Waals surface area contributed by atoms with E-state index in [0.29, 0.717) is 16.9 Å². The highest BCUT2D eigenvalue weighted by Gasteiger charge is 2.22. The minimum absolute atomic E-state index is 0.220. The van der Waals surface area contributed by atoms with Gasteiger partial charge in [-0.25, -0.2) is 4.98 Å². The lowest BCUT2D eigenvalue weighted by molar-refractivity contribution is 0.208. The molecule has 0 aliphatic carbocycles. The van der Waals surface area contributed by atoms with Gasteiger partial charge in [0.1, 0.15) is 5.02 Å². The normalized spacial score (nSPS) is 20.4. The van der Waals surface area contributed by atoms with E-state index in [-0.39, 0.29) is 6.61 Å². The highest BCUT2D eigenvalue weighted by molar-refractivity contribution is 6.32. The molecule has 1 unspecified atom stereocenters. The van der Waals surface area contributed by atoms with Crippen LogP contribution in [0.1, 0.15) is 12.8 Å². The Morgan fingerprint density at radius 1 is 1.65 bits per heavy atom. The third-order valence-electron chi connectivity index (χ3n) is 3.03. The van der Waals surface area contributed by atoms with Gasteiger partial charge in [-0.05, 0) is 18.8 Å². The van der Waals surface area contributed by atoms with Gasteiger partial charge in [0, 0.05) is 26.7 Å². The molecular weight excluding hydrogens is 240 g/mol. The highest BCUT2D eigenvalue weighted by Crippen LogP contribution is 2.27. The number of anilines is 2. The lowest BCUT2D eigenvalue weighted by Gasteiger charge is -2.33. The molecule has 1 fully saturated rings. The second-order valence-electron chi connectivity index (χ2n) is 4.25. The van der Waals surface area contributed by atoms with E-state index in [9.17, 15) is 5.11 Å². The largest absolute Gasteiger partial charge is 0.396 e. The van der Waals surface area contributed by atoms with Gasteiger partial charge in [-0.2, -0.15) is 4.98 Å². The number of halogens is 1. The van der Waals surface area contributed by atoms with E-state index in [1.807, 2.05) is 0 Å². The Labute approximate surface area is 106 Å². The fourth-order valence-electron chi connectivity index (χ4n) is 2.11. The summed E-state index contributed by atoms with van der Waals surface area (Å²) in [6.45, 7) is 1.95. The van der Waals surface area contributed by atoms with Crippen LogP contribution in [0.2, 0.25) is 5.02 Å². The number of hydrogen-bond acceptors (Lipinski definition) is 5. The van der Waals surface area contributed by atoms with Gasteiger partial charge in [0.05, 0.1) is 6.20 Å². The van der Waals surface area contributed by atoms with E-state index in [1.165, 1.54) is 0 Å². The van der Waals surface area contributed by atoms with Crippen molar-refractivity contribution in [3.63, 3.8) is 0 Å². The zero-order valence-corrected chi connectivity index (χ0v) is 10.6. The monoisotopic (exact) mass is 256 g/mol. The summed E-state index contributed by atoms with van der Waals surface area (Å²) in [4.78, 5) is 10.6. The standard InChI is InChI=1S/C11H17ClN4O/c1-13-11-14-5-9(12)10(15-11)16-4-2-3-8(6-16)7-17/h5,8,17H,2-4,6-7H2,1H3,(H,13,14,15). The van der Waals surface area contributed by atoms with Crippen LogP contribution in [0, 0.1) is 5.92 Å². The molecule has 2 heterocycles. The maximum Gasteiger partial charge on any atom is 0.224 e. The van der Waals surface area contributed by atoms with Crippen molar-refractivity contribution in [3.05, 3.63) is 11.2 Å². The molecule has 1 saturated heterocycles. The van der Waals surface area contributed by atoms with Crippen LogP contribution in [-0.2, 0) is 0 Å². The predicted octanol–water partition coefficient (Wildman–Crippen LogP) is 1.38. The molecule has 2 rings (SSSR count). The second kappa shape index (κ2) is 5.51. The van der Waals surface area contributed by atoms with Crippen molar-refractivity contribution in [2.24, 2.45) is 5.92 Å². The minimum atomic E-state index is 0.220. The molecule has 1 aliphatic rings. The third-order valence-corrected chi connectivity index (χ3v) is 3.29. The van der Waals surface area contributed by atoms with Gasteiger partial charge in [0.25, 0.3) is 0 Å². The van der Waals surface area contributed by atoms with Crippen LogP contribution in [0.3, 0.4) is 0 Å². The molecule has 5 nitrogen and oxygen atoms in total.